The first-order valence-electron chi connectivity index (χ1n) is 9.25. The summed E-state index contributed by atoms with van der Waals surface area (Å²) in [4.78, 5) is 19.1. The Hall–Kier alpha value is -2.69. The van der Waals surface area contributed by atoms with E-state index in [1.165, 1.54) is 10.9 Å². The van der Waals surface area contributed by atoms with Crippen molar-refractivity contribution in [3.63, 3.8) is 0 Å². The van der Waals surface area contributed by atoms with Gasteiger partial charge in [0.2, 0.25) is 0 Å². The molecule has 0 radical (unpaired) electrons. The highest BCUT2D eigenvalue weighted by atomic mass is 16.5. The molecule has 0 N–H and O–H groups in total. The van der Waals surface area contributed by atoms with Crippen LogP contribution in [0, 0.1) is 12.8 Å². The Morgan fingerprint density at radius 1 is 1.23 bits per heavy atom. The van der Waals surface area contributed by atoms with Crippen LogP contribution in [0.25, 0.3) is 10.9 Å². The van der Waals surface area contributed by atoms with Gasteiger partial charge in [-0.3, -0.25) is 9.78 Å². The maximum atomic E-state index is 12.6. The van der Waals surface area contributed by atoms with Gasteiger partial charge in [-0.15, -0.1) is 0 Å². The number of nitrogens with zero attached hydrogens (tertiary/aromatic N) is 3. The van der Waals surface area contributed by atoms with Gasteiger partial charge in [0.05, 0.1) is 5.52 Å². The summed E-state index contributed by atoms with van der Waals surface area (Å²) >= 11 is 0. The molecule has 4 rings (SSSR count). The molecule has 0 saturated carbocycles. The lowest BCUT2D eigenvalue weighted by Crippen LogP contribution is -2.32. The van der Waals surface area contributed by atoms with E-state index in [1.807, 2.05) is 23.2 Å². The van der Waals surface area contributed by atoms with Crippen LogP contribution >= 0.6 is 0 Å². The monoisotopic (exact) mass is 349 g/mol. The standard InChI is InChI=1S/C21H23N3O2/c1-15-11-20(23-26-15)21(25)24-9-4-5-16(8-10-24)12-17-13-18-6-2-3-7-19(18)22-14-17/h2-3,6-7,11,13-14,16H,4-5,8-10,12H2,1H3. The fraction of sp³-hybridized carbons (Fsp3) is 0.381. The van der Waals surface area contributed by atoms with E-state index in [9.17, 15) is 4.79 Å². The first-order valence-corrected chi connectivity index (χ1v) is 9.25. The first-order chi connectivity index (χ1) is 12.7. The number of hydrogen-bond donors (Lipinski definition) is 0. The van der Waals surface area contributed by atoms with Gasteiger partial charge >= 0.3 is 0 Å². The van der Waals surface area contributed by atoms with Crippen molar-refractivity contribution in [2.24, 2.45) is 5.92 Å². The van der Waals surface area contributed by atoms with E-state index in [0.29, 0.717) is 17.4 Å². The van der Waals surface area contributed by atoms with E-state index in [4.69, 9.17) is 4.52 Å². The van der Waals surface area contributed by atoms with Crippen LogP contribution in [0.5, 0.6) is 0 Å². The molecule has 1 aromatic carbocycles. The second kappa shape index (κ2) is 7.28. The normalized spacial score (nSPS) is 18.0. The lowest BCUT2D eigenvalue weighted by atomic mass is 9.93. The lowest BCUT2D eigenvalue weighted by molar-refractivity contribution is 0.0749. The van der Waals surface area contributed by atoms with Crippen molar-refractivity contribution in [1.29, 1.82) is 0 Å². The van der Waals surface area contributed by atoms with Crippen molar-refractivity contribution >= 4 is 16.8 Å². The van der Waals surface area contributed by atoms with Crippen LogP contribution in [0.1, 0.15) is 41.1 Å². The van der Waals surface area contributed by atoms with Gasteiger partial charge in [0.1, 0.15) is 5.76 Å². The van der Waals surface area contributed by atoms with Gasteiger partial charge in [-0.1, -0.05) is 23.4 Å². The predicted molar refractivity (Wildman–Crippen MR) is 99.9 cm³/mol. The fourth-order valence-corrected chi connectivity index (χ4v) is 3.76. The van der Waals surface area contributed by atoms with E-state index in [0.717, 1.165) is 44.3 Å². The molecule has 0 bridgehead atoms. The molecule has 1 unspecified atom stereocenters. The zero-order chi connectivity index (χ0) is 17.9. The molecular formula is C21H23N3O2. The van der Waals surface area contributed by atoms with Gasteiger partial charge < -0.3 is 9.42 Å². The highest BCUT2D eigenvalue weighted by Gasteiger charge is 2.23. The molecule has 1 aliphatic heterocycles. The number of benzene rings is 1. The average molecular weight is 349 g/mol. The molecule has 2 aromatic heterocycles. The van der Waals surface area contributed by atoms with Crippen LogP contribution in [0.4, 0.5) is 0 Å². The van der Waals surface area contributed by atoms with Crippen molar-refractivity contribution in [1.82, 2.24) is 15.0 Å². The number of likely N-dealkylation sites (tertiary alicyclic amines) is 1. The largest absolute Gasteiger partial charge is 0.361 e. The number of rotatable bonds is 3. The van der Waals surface area contributed by atoms with Crippen LogP contribution in [-0.2, 0) is 6.42 Å². The van der Waals surface area contributed by atoms with E-state index in [1.54, 1.807) is 13.0 Å². The Labute approximate surface area is 153 Å². The number of hydrogen-bond acceptors (Lipinski definition) is 4. The summed E-state index contributed by atoms with van der Waals surface area (Å²) in [7, 11) is 0. The molecule has 3 aromatic rings. The third-order valence-electron chi connectivity index (χ3n) is 5.15. The summed E-state index contributed by atoms with van der Waals surface area (Å²) < 4.78 is 5.04. The second-order valence-electron chi connectivity index (χ2n) is 7.15. The highest BCUT2D eigenvalue weighted by molar-refractivity contribution is 5.92. The van der Waals surface area contributed by atoms with Crippen LogP contribution in [-0.4, -0.2) is 34.0 Å². The first kappa shape index (κ1) is 16.8. The molecule has 1 atom stereocenters. The molecule has 1 aliphatic rings. The molecule has 5 nitrogen and oxygen atoms in total. The Morgan fingerprint density at radius 3 is 2.96 bits per heavy atom. The molecule has 3 heterocycles. The van der Waals surface area contributed by atoms with Crippen LogP contribution in [0.2, 0.25) is 0 Å². The fourth-order valence-electron chi connectivity index (χ4n) is 3.76. The minimum atomic E-state index is -0.0186. The number of carbonyl (C=O) groups excluding carboxylic acids is 1. The molecule has 1 amide bonds. The third-order valence-corrected chi connectivity index (χ3v) is 5.15. The minimum absolute atomic E-state index is 0.0186. The van der Waals surface area contributed by atoms with Gasteiger partial charge in [-0.25, -0.2) is 0 Å². The molecule has 5 heteroatoms. The van der Waals surface area contributed by atoms with Crippen molar-refractivity contribution in [2.75, 3.05) is 13.1 Å². The van der Waals surface area contributed by atoms with Crippen molar-refractivity contribution in [3.8, 4) is 0 Å². The van der Waals surface area contributed by atoms with E-state index >= 15 is 0 Å². The summed E-state index contributed by atoms with van der Waals surface area (Å²) in [6.07, 6.45) is 6.18. The van der Waals surface area contributed by atoms with Crippen molar-refractivity contribution in [2.45, 2.75) is 32.6 Å². The predicted octanol–water partition coefficient (Wildman–Crippen LogP) is 4.02. The van der Waals surface area contributed by atoms with Gasteiger partial charge in [0.15, 0.2) is 5.69 Å². The van der Waals surface area contributed by atoms with Crippen molar-refractivity contribution in [3.05, 3.63) is 59.6 Å². The van der Waals surface area contributed by atoms with Gasteiger partial charge in [-0.2, -0.15) is 0 Å². The second-order valence-corrected chi connectivity index (χ2v) is 7.15. The van der Waals surface area contributed by atoms with Crippen LogP contribution < -0.4 is 0 Å². The number of fused-ring (bicyclic) bond motifs is 1. The van der Waals surface area contributed by atoms with Gasteiger partial charge in [0.25, 0.3) is 5.91 Å². The van der Waals surface area contributed by atoms with E-state index in [-0.39, 0.29) is 5.91 Å². The smallest absolute Gasteiger partial charge is 0.276 e. The topological polar surface area (TPSA) is 59.2 Å². The summed E-state index contributed by atoms with van der Waals surface area (Å²) in [5.41, 5.74) is 2.73. The molecule has 26 heavy (non-hydrogen) atoms. The SMILES string of the molecule is Cc1cc(C(=O)N2CCCC(Cc3cnc4ccccc4c3)CC2)no1. The number of aryl methyl sites for hydroxylation is 1. The number of carbonyl (C=O) groups is 1. The molecule has 134 valence electrons. The van der Waals surface area contributed by atoms with E-state index < -0.39 is 0 Å². The Morgan fingerprint density at radius 2 is 2.12 bits per heavy atom. The minimum Gasteiger partial charge on any atom is -0.361 e. The third kappa shape index (κ3) is 3.62. The Bertz CT molecular complexity index is 918. The Balaban J connectivity index is 1.40. The van der Waals surface area contributed by atoms with Crippen LogP contribution in [0.3, 0.4) is 0 Å². The maximum Gasteiger partial charge on any atom is 0.276 e. The molecule has 0 spiro atoms. The summed E-state index contributed by atoms with van der Waals surface area (Å²) in [5, 5.41) is 5.05. The number of pyridine rings is 1. The van der Waals surface area contributed by atoms with Gasteiger partial charge in [-0.05, 0) is 56.2 Å². The number of amides is 1. The molecule has 0 aliphatic carbocycles. The Kier molecular flexibility index (Phi) is 4.69. The summed E-state index contributed by atoms with van der Waals surface area (Å²) in [5.74, 6) is 1.23. The quantitative estimate of drug-likeness (QED) is 0.717. The highest BCUT2D eigenvalue weighted by Crippen LogP contribution is 2.24. The average Bonchev–Trinajstić information content (AvgIpc) is 2.96. The lowest BCUT2D eigenvalue weighted by Gasteiger charge is -2.19. The number of aromatic nitrogens is 2. The van der Waals surface area contributed by atoms with E-state index in [2.05, 4.69) is 28.3 Å². The molecular weight excluding hydrogens is 326 g/mol. The zero-order valence-corrected chi connectivity index (χ0v) is 15.0. The summed E-state index contributed by atoms with van der Waals surface area (Å²) in [6, 6.07) is 12.2. The molecule has 1 saturated heterocycles. The van der Waals surface area contributed by atoms with Crippen molar-refractivity contribution < 1.29 is 9.32 Å². The summed E-state index contributed by atoms with van der Waals surface area (Å²) in [6.45, 7) is 3.37. The van der Waals surface area contributed by atoms with Crippen LogP contribution in [0.15, 0.2) is 47.1 Å². The number of para-hydroxylation sites is 1. The zero-order valence-electron chi connectivity index (χ0n) is 15.0. The van der Waals surface area contributed by atoms with Gasteiger partial charge in [0, 0.05) is 30.7 Å². The molecule has 1 fully saturated rings. The maximum absolute atomic E-state index is 12.6.